The van der Waals surface area contributed by atoms with Gasteiger partial charge in [0.05, 0.1) is 6.26 Å². The molecule has 0 bridgehead atoms. The van der Waals surface area contributed by atoms with Gasteiger partial charge in [-0.3, -0.25) is 4.90 Å². The summed E-state index contributed by atoms with van der Waals surface area (Å²) in [5.74, 6) is 0. The van der Waals surface area contributed by atoms with Crippen LogP contribution in [0.4, 0.5) is 0 Å². The summed E-state index contributed by atoms with van der Waals surface area (Å²) in [6.07, 6.45) is 4.80. The maximum atomic E-state index is 11.5. The Kier molecular flexibility index (Phi) is 7.28. The molecule has 5 nitrogen and oxygen atoms in total. The lowest BCUT2D eigenvalue weighted by Gasteiger charge is -2.38. The molecule has 1 aliphatic rings. The molecule has 1 saturated heterocycles. The SMILES string of the molecule is CCCNCC(CCC)N1CCN(S(C)(=O)=O)CC1. The van der Waals surface area contributed by atoms with E-state index in [-0.39, 0.29) is 0 Å². The highest BCUT2D eigenvalue weighted by Crippen LogP contribution is 2.12. The molecule has 1 N–H and O–H groups in total. The Bertz CT molecular complexity index is 338. The fraction of sp³-hybridized carbons (Fsp3) is 1.00. The lowest BCUT2D eigenvalue weighted by Crippen LogP contribution is -2.53. The summed E-state index contributed by atoms with van der Waals surface area (Å²) in [6.45, 7) is 9.42. The van der Waals surface area contributed by atoms with Gasteiger partial charge in [-0.25, -0.2) is 8.42 Å². The van der Waals surface area contributed by atoms with Crippen LogP contribution in [0, 0.1) is 0 Å². The Labute approximate surface area is 118 Å². The summed E-state index contributed by atoms with van der Waals surface area (Å²) in [4.78, 5) is 2.44. The van der Waals surface area contributed by atoms with Crippen LogP contribution >= 0.6 is 0 Å². The monoisotopic (exact) mass is 291 g/mol. The summed E-state index contributed by atoms with van der Waals surface area (Å²) < 4.78 is 24.6. The molecule has 0 aliphatic carbocycles. The van der Waals surface area contributed by atoms with Crippen molar-refractivity contribution in [3.8, 4) is 0 Å². The lowest BCUT2D eigenvalue weighted by atomic mass is 10.1. The van der Waals surface area contributed by atoms with Crippen LogP contribution in [0.1, 0.15) is 33.1 Å². The van der Waals surface area contributed by atoms with Crippen molar-refractivity contribution in [1.82, 2.24) is 14.5 Å². The van der Waals surface area contributed by atoms with E-state index in [0.717, 1.165) is 32.6 Å². The number of rotatable bonds is 8. The highest BCUT2D eigenvalue weighted by molar-refractivity contribution is 7.88. The first-order chi connectivity index (χ1) is 8.99. The fourth-order valence-electron chi connectivity index (χ4n) is 2.59. The number of hydrogen-bond donors (Lipinski definition) is 1. The second-order valence-electron chi connectivity index (χ2n) is 5.34. The van der Waals surface area contributed by atoms with Crippen LogP contribution in [0.2, 0.25) is 0 Å². The van der Waals surface area contributed by atoms with Crippen LogP contribution in [-0.4, -0.2) is 69.2 Å². The minimum Gasteiger partial charge on any atom is -0.315 e. The predicted octanol–water partition coefficient (Wildman–Crippen LogP) is 0.732. The van der Waals surface area contributed by atoms with Gasteiger partial charge in [-0.05, 0) is 19.4 Å². The molecule has 1 heterocycles. The highest BCUT2D eigenvalue weighted by Gasteiger charge is 2.26. The van der Waals surface area contributed by atoms with Crippen molar-refractivity contribution < 1.29 is 8.42 Å². The van der Waals surface area contributed by atoms with E-state index in [4.69, 9.17) is 0 Å². The van der Waals surface area contributed by atoms with E-state index in [9.17, 15) is 8.42 Å². The number of nitrogens with one attached hydrogen (secondary N) is 1. The van der Waals surface area contributed by atoms with Gasteiger partial charge in [-0.2, -0.15) is 4.31 Å². The molecular formula is C13H29N3O2S. The first kappa shape index (κ1) is 16.9. The van der Waals surface area contributed by atoms with Crippen molar-refractivity contribution in [3.05, 3.63) is 0 Å². The van der Waals surface area contributed by atoms with Crippen molar-refractivity contribution in [2.75, 3.05) is 45.5 Å². The zero-order valence-electron chi connectivity index (χ0n) is 12.6. The summed E-state index contributed by atoms with van der Waals surface area (Å²) in [6, 6.07) is 0.540. The third kappa shape index (κ3) is 5.77. The molecular weight excluding hydrogens is 262 g/mol. The molecule has 0 saturated carbocycles. The van der Waals surface area contributed by atoms with Gasteiger partial charge in [0.25, 0.3) is 0 Å². The van der Waals surface area contributed by atoms with Crippen LogP contribution in [0.5, 0.6) is 0 Å². The van der Waals surface area contributed by atoms with Gasteiger partial charge < -0.3 is 5.32 Å². The first-order valence-corrected chi connectivity index (χ1v) is 9.23. The smallest absolute Gasteiger partial charge is 0.211 e. The molecule has 0 spiro atoms. The maximum absolute atomic E-state index is 11.5. The van der Waals surface area contributed by atoms with Crippen molar-refractivity contribution in [2.24, 2.45) is 0 Å². The van der Waals surface area contributed by atoms with Gasteiger partial charge in [0.1, 0.15) is 0 Å². The normalized spacial score (nSPS) is 20.6. The number of nitrogens with zero attached hydrogens (tertiary/aromatic N) is 2. The topological polar surface area (TPSA) is 52.6 Å². The molecule has 0 radical (unpaired) electrons. The maximum Gasteiger partial charge on any atom is 0.211 e. The van der Waals surface area contributed by atoms with E-state index in [0.29, 0.717) is 19.1 Å². The summed E-state index contributed by atoms with van der Waals surface area (Å²) in [5, 5.41) is 3.49. The van der Waals surface area contributed by atoms with Gasteiger partial charge in [-0.1, -0.05) is 20.3 Å². The predicted molar refractivity (Wildman–Crippen MR) is 79.8 cm³/mol. The van der Waals surface area contributed by atoms with Crippen molar-refractivity contribution in [1.29, 1.82) is 0 Å². The molecule has 1 atom stereocenters. The fourth-order valence-corrected chi connectivity index (χ4v) is 3.42. The summed E-state index contributed by atoms with van der Waals surface area (Å²) in [5.41, 5.74) is 0. The van der Waals surface area contributed by atoms with E-state index < -0.39 is 10.0 Å². The average Bonchev–Trinajstić information content (AvgIpc) is 2.37. The van der Waals surface area contributed by atoms with Crippen LogP contribution in [0.25, 0.3) is 0 Å². The van der Waals surface area contributed by atoms with Crippen LogP contribution < -0.4 is 5.32 Å². The molecule has 0 aromatic carbocycles. The van der Waals surface area contributed by atoms with Gasteiger partial charge in [0, 0.05) is 38.8 Å². The van der Waals surface area contributed by atoms with Crippen LogP contribution in [0.15, 0.2) is 0 Å². The van der Waals surface area contributed by atoms with Gasteiger partial charge in [-0.15, -0.1) is 0 Å². The van der Waals surface area contributed by atoms with Gasteiger partial charge >= 0.3 is 0 Å². The standard InChI is InChI=1S/C13H29N3O2S/c1-4-6-13(12-14-7-5-2)15-8-10-16(11-9-15)19(3,17)18/h13-14H,4-12H2,1-3H3. The molecule has 19 heavy (non-hydrogen) atoms. The number of sulfonamides is 1. The van der Waals surface area contributed by atoms with Gasteiger partial charge in [0.15, 0.2) is 0 Å². The molecule has 1 aliphatic heterocycles. The molecule has 0 amide bonds. The molecule has 114 valence electrons. The molecule has 1 rings (SSSR count). The Morgan fingerprint density at radius 3 is 2.21 bits per heavy atom. The van der Waals surface area contributed by atoms with E-state index in [1.165, 1.54) is 19.1 Å². The Morgan fingerprint density at radius 1 is 1.11 bits per heavy atom. The largest absolute Gasteiger partial charge is 0.315 e. The van der Waals surface area contributed by atoms with Crippen molar-refractivity contribution in [2.45, 2.75) is 39.2 Å². The zero-order chi connectivity index (χ0) is 14.3. The van der Waals surface area contributed by atoms with Crippen molar-refractivity contribution in [3.63, 3.8) is 0 Å². The van der Waals surface area contributed by atoms with Crippen molar-refractivity contribution >= 4 is 10.0 Å². The van der Waals surface area contributed by atoms with E-state index in [2.05, 4.69) is 24.1 Å². The second-order valence-corrected chi connectivity index (χ2v) is 7.33. The van der Waals surface area contributed by atoms with Crippen LogP contribution in [0.3, 0.4) is 0 Å². The molecule has 0 aromatic heterocycles. The first-order valence-electron chi connectivity index (χ1n) is 7.39. The summed E-state index contributed by atoms with van der Waals surface area (Å²) >= 11 is 0. The average molecular weight is 291 g/mol. The number of hydrogen-bond acceptors (Lipinski definition) is 4. The van der Waals surface area contributed by atoms with E-state index in [1.54, 1.807) is 4.31 Å². The minimum absolute atomic E-state index is 0.540. The Balaban J connectivity index is 2.45. The number of piperazine rings is 1. The van der Waals surface area contributed by atoms with E-state index in [1.807, 2.05) is 0 Å². The summed E-state index contributed by atoms with van der Waals surface area (Å²) in [7, 11) is -3.02. The quantitative estimate of drug-likeness (QED) is 0.670. The Hall–Kier alpha value is -0.170. The third-order valence-corrected chi connectivity index (χ3v) is 4.99. The zero-order valence-corrected chi connectivity index (χ0v) is 13.4. The minimum atomic E-state index is -3.02. The highest BCUT2D eigenvalue weighted by atomic mass is 32.2. The molecule has 6 heteroatoms. The second kappa shape index (κ2) is 8.19. The van der Waals surface area contributed by atoms with Crippen LogP contribution in [-0.2, 0) is 10.0 Å². The molecule has 1 fully saturated rings. The third-order valence-electron chi connectivity index (χ3n) is 3.69. The molecule has 1 unspecified atom stereocenters. The Morgan fingerprint density at radius 2 is 1.74 bits per heavy atom. The van der Waals surface area contributed by atoms with Gasteiger partial charge in [0.2, 0.25) is 10.0 Å². The van der Waals surface area contributed by atoms with E-state index >= 15 is 0 Å². The lowest BCUT2D eigenvalue weighted by molar-refractivity contribution is 0.128. The molecule has 0 aromatic rings.